The van der Waals surface area contributed by atoms with Crippen LogP contribution >= 0.6 is 0 Å². The molecule has 0 radical (unpaired) electrons. The number of fused-ring (bicyclic) bond motifs is 1. The maximum absolute atomic E-state index is 13.0. The number of nitrogens with zero attached hydrogens (tertiary/aromatic N) is 1. The fraction of sp³-hybridized carbons (Fsp3) is 0.250. The molecule has 0 saturated heterocycles. The van der Waals surface area contributed by atoms with Gasteiger partial charge in [-0.1, -0.05) is 72.8 Å². The Labute approximate surface area is 177 Å². The van der Waals surface area contributed by atoms with Crippen molar-refractivity contribution in [2.75, 3.05) is 13.6 Å². The van der Waals surface area contributed by atoms with Crippen LogP contribution in [0.3, 0.4) is 0 Å². The summed E-state index contributed by atoms with van der Waals surface area (Å²) in [5.74, 6) is -0.257. The van der Waals surface area contributed by atoms with Gasteiger partial charge in [-0.15, -0.1) is 0 Å². The van der Waals surface area contributed by atoms with Gasteiger partial charge in [-0.3, -0.25) is 10.2 Å². The van der Waals surface area contributed by atoms with E-state index < -0.39 is 6.04 Å². The molecule has 0 heterocycles. The number of benzene rings is 3. The Kier molecular flexibility index (Phi) is 7.40. The van der Waals surface area contributed by atoms with E-state index in [4.69, 9.17) is 0 Å². The van der Waals surface area contributed by atoms with Gasteiger partial charge in [0.15, 0.2) is 0 Å². The topological polar surface area (TPSA) is 73.5 Å². The normalized spacial score (nSPS) is 11.7. The highest BCUT2D eigenvalue weighted by molar-refractivity contribution is 5.86. The molecule has 3 N–H and O–H groups in total. The van der Waals surface area contributed by atoms with Crippen molar-refractivity contribution in [1.82, 2.24) is 21.1 Å². The molecule has 30 heavy (non-hydrogen) atoms. The minimum absolute atomic E-state index is 0.257. The summed E-state index contributed by atoms with van der Waals surface area (Å²) >= 11 is 0. The fourth-order valence-electron chi connectivity index (χ4n) is 3.31. The highest BCUT2D eigenvalue weighted by Crippen LogP contribution is 2.17. The van der Waals surface area contributed by atoms with E-state index in [1.807, 2.05) is 55.5 Å². The highest BCUT2D eigenvalue weighted by atomic mass is 16.2. The van der Waals surface area contributed by atoms with Gasteiger partial charge in [0, 0.05) is 6.54 Å². The number of nitrogens with one attached hydrogen (secondary N) is 3. The molecule has 0 aliphatic rings. The summed E-state index contributed by atoms with van der Waals surface area (Å²) in [4.78, 5) is 25.4. The lowest BCUT2D eigenvalue weighted by Crippen LogP contribution is -2.55. The first-order valence-electron chi connectivity index (χ1n) is 10.2. The van der Waals surface area contributed by atoms with E-state index in [0.717, 1.165) is 21.9 Å². The summed E-state index contributed by atoms with van der Waals surface area (Å²) in [5, 5.41) is 9.44. The zero-order valence-corrected chi connectivity index (χ0v) is 17.4. The summed E-state index contributed by atoms with van der Waals surface area (Å²) in [6.07, 6.45) is 0.516. The molecule has 6 nitrogen and oxygen atoms in total. The van der Waals surface area contributed by atoms with E-state index >= 15 is 0 Å². The number of carbonyl (C=O) groups is 2. The predicted molar refractivity (Wildman–Crippen MR) is 120 cm³/mol. The number of likely N-dealkylation sites (N-methyl/N-ethyl adjacent to an activating group) is 1. The van der Waals surface area contributed by atoms with E-state index in [9.17, 15) is 9.59 Å². The molecule has 0 fully saturated rings. The van der Waals surface area contributed by atoms with Crippen LogP contribution in [0.25, 0.3) is 10.8 Å². The van der Waals surface area contributed by atoms with Crippen LogP contribution in [-0.4, -0.2) is 36.6 Å². The van der Waals surface area contributed by atoms with E-state index in [2.05, 4.69) is 40.3 Å². The maximum Gasteiger partial charge on any atom is 0.336 e. The molecule has 3 rings (SSSR count). The number of hydrazine groups is 1. The van der Waals surface area contributed by atoms with Crippen molar-refractivity contribution in [3.8, 4) is 0 Å². The smallest absolute Gasteiger partial charge is 0.336 e. The largest absolute Gasteiger partial charge is 0.337 e. The van der Waals surface area contributed by atoms with Gasteiger partial charge in [0.1, 0.15) is 0 Å². The third-order valence-electron chi connectivity index (χ3n) is 4.92. The number of carbonyl (C=O) groups excluding carboxylic acids is 2. The molecular weight excluding hydrogens is 376 g/mol. The number of urea groups is 1. The van der Waals surface area contributed by atoms with Crippen molar-refractivity contribution in [2.24, 2.45) is 0 Å². The zero-order chi connectivity index (χ0) is 21.3. The third kappa shape index (κ3) is 5.58. The van der Waals surface area contributed by atoms with Gasteiger partial charge in [0.05, 0.1) is 12.6 Å². The van der Waals surface area contributed by atoms with Gasteiger partial charge < -0.3 is 10.6 Å². The van der Waals surface area contributed by atoms with Crippen molar-refractivity contribution in [3.05, 3.63) is 83.9 Å². The van der Waals surface area contributed by atoms with Crippen molar-refractivity contribution in [1.29, 1.82) is 0 Å². The van der Waals surface area contributed by atoms with Crippen LogP contribution in [0.4, 0.5) is 4.79 Å². The average Bonchev–Trinajstić information content (AvgIpc) is 2.77. The Morgan fingerprint density at radius 1 is 0.900 bits per heavy atom. The first-order chi connectivity index (χ1) is 14.6. The lowest BCUT2D eigenvalue weighted by Gasteiger charge is -2.26. The fourth-order valence-corrected chi connectivity index (χ4v) is 3.31. The molecule has 1 unspecified atom stereocenters. The number of amides is 3. The molecule has 0 aliphatic carbocycles. The Bertz CT molecular complexity index is 991. The van der Waals surface area contributed by atoms with Crippen LogP contribution in [0, 0.1) is 0 Å². The number of rotatable bonds is 7. The molecule has 0 aliphatic heterocycles. The SMILES string of the molecule is CCNC(=O)N(Cc1ccccc1)NC(=O)C(Cc1ccc2ccccc2c1)NC. The minimum Gasteiger partial charge on any atom is -0.337 e. The Morgan fingerprint density at radius 3 is 2.30 bits per heavy atom. The molecule has 0 aromatic heterocycles. The number of hydrogen-bond acceptors (Lipinski definition) is 3. The van der Waals surface area contributed by atoms with Crippen LogP contribution in [-0.2, 0) is 17.8 Å². The average molecular weight is 405 g/mol. The van der Waals surface area contributed by atoms with E-state index in [1.54, 1.807) is 7.05 Å². The van der Waals surface area contributed by atoms with Crippen LogP contribution in [0.1, 0.15) is 18.1 Å². The van der Waals surface area contributed by atoms with Crippen LogP contribution in [0.2, 0.25) is 0 Å². The van der Waals surface area contributed by atoms with Gasteiger partial charge in [0.2, 0.25) is 0 Å². The van der Waals surface area contributed by atoms with Gasteiger partial charge in [-0.25, -0.2) is 9.80 Å². The summed E-state index contributed by atoms with van der Waals surface area (Å²) < 4.78 is 0. The van der Waals surface area contributed by atoms with Crippen molar-refractivity contribution in [3.63, 3.8) is 0 Å². The standard InChI is InChI=1S/C24H28N4O2/c1-3-26-24(30)28(17-18-9-5-4-6-10-18)27-23(29)22(25-2)16-19-13-14-20-11-7-8-12-21(20)15-19/h4-15,22,25H,3,16-17H2,1-2H3,(H,26,30)(H,27,29). The van der Waals surface area contributed by atoms with Crippen LogP contribution in [0.15, 0.2) is 72.8 Å². The molecule has 3 aromatic rings. The molecule has 3 aromatic carbocycles. The predicted octanol–water partition coefficient (Wildman–Crippen LogP) is 3.23. The molecule has 1 atom stereocenters. The Balaban J connectivity index is 1.71. The summed E-state index contributed by atoms with van der Waals surface area (Å²) in [5.41, 5.74) is 4.76. The van der Waals surface area contributed by atoms with Crippen molar-refractivity contribution in [2.45, 2.75) is 25.9 Å². The molecule has 0 saturated carbocycles. The second-order valence-corrected chi connectivity index (χ2v) is 7.11. The zero-order valence-electron chi connectivity index (χ0n) is 17.4. The minimum atomic E-state index is -0.473. The molecule has 6 heteroatoms. The van der Waals surface area contributed by atoms with Crippen LogP contribution < -0.4 is 16.1 Å². The second kappa shape index (κ2) is 10.4. The van der Waals surface area contributed by atoms with E-state index in [-0.39, 0.29) is 18.5 Å². The summed E-state index contributed by atoms with van der Waals surface area (Å²) in [7, 11) is 1.75. The van der Waals surface area contributed by atoms with Crippen molar-refractivity contribution >= 4 is 22.7 Å². The lowest BCUT2D eigenvalue weighted by molar-refractivity contribution is -0.127. The van der Waals surface area contributed by atoms with Gasteiger partial charge in [-0.2, -0.15) is 0 Å². The first kappa shape index (κ1) is 21.3. The Morgan fingerprint density at radius 2 is 1.60 bits per heavy atom. The molecule has 156 valence electrons. The highest BCUT2D eigenvalue weighted by Gasteiger charge is 2.22. The van der Waals surface area contributed by atoms with Crippen LogP contribution in [0.5, 0.6) is 0 Å². The second-order valence-electron chi connectivity index (χ2n) is 7.11. The van der Waals surface area contributed by atoms with Crippen molar-refractivity contribution < 1.29 is 9.59 Å². The molecule has 3 amide bonds. The summed E-state index contributed by atoms with van der Waals surface area (Å²) in [6, 6.07) is 23.1. The van der Waals surface area contributed by atoms with Gasteiger partial charge in [-0.05, 0) is 42.3 Å². The Hall–Kier alpha value is -3.38. The van der Waals surface area contributed by atoms with E-state index in [0.29, 0.717) is 13.0 Å². The summed E-state index contributed by atoms with van der Waals surface area (Å²) in [6.45, 7) is 2.61. The monoisotopic (exact) mass is 404 g/mol. The van der Waals surface area contributed by atoms with E-state index in [1.165, 1.54) is 5.01 Å². The molecule has 0 bridgehead atoms. The third-order valence-corrected chi connectivity index (χ3v) is 4.92. The molecule has 0 spiro atoms. The lowest BCUT2D eigenvalue weighted by atomic mass is 10.0. The number of hydrogen-bond donors (Lipinski definition) is 3. The maximum atomic E-state index is 13.0. The van der Waals surface area contributed by atoms with Gasteiger partial charge >= 0.3 is 6.03 Å². The van der Waals surface area contributed by atoms with Gasteiger partial charge in [0.25, 0.3) is 5.91 Å². The molecular formula is C24H28N4O2. The quantitative estimate of drug-likeness (QED) is 0.530. The first-order valence-corrected chi connectivity index (χ1v) is 10.2.